The number of hydrogen-bond donors (Lipinski definition) is 0. The van der Waals surface area contributed by atoms with Gasteiger partial charge in [0.15, 0.2) is 0 Å². The summed E-state index contributed by atoms with van der Waals surface area (Å²) in [6, 6.07) is 4.76. The number of hydrogen-bond acceptors (Lipinski definition) is 4. The van der Waals surface area contributed by atoms with Crippen LogP contribution in [0.25, 0.3) is 0 Å². The topological polar surface area (TPSA) is 29.0 Å². The van der Waals surface area contributed by atoms with Crippen molar-refractivity contribution in [3.05, 3.63) is 46.2 Å². The minimum Gasteiger partial charge on any atom is -0.290 e. The Hall–Kier alpha value is -1.26. The molecule has 0 N–H and O–H groups in total. The van der Waals surface area contributed by atoms with Crippen LogP contribution < -0.4 is 0 Å². The molecule has 1 aliphatic rings. The highest BCUT2D eigenvalue weighted by Gasteiger charge is 2.26. The summed E-state index contributed by atoms with van der Waals surface area (Å²) in [5, 5.41) is 0. The van der Waals surface area contributed by atoms with Crippen LogP contribution in [0.2, 0.25) is 0 Å². The molecule has 3 rings (SSSR count). The van der Waals surface area contributed by atoms with E-state index in [4.69, 9.17) is 0 Å². The van der Waals surface area contributed by atoms with Crippen molar-refractivity contribution >= 4 is 11.3 Å². The van der Waals surface area contributed by atoms with E-state index in [9.17, 15) is 0 Å². The fraction of sp³-hybridized carbons (Fsp3) is 0.467. The quantitative estimate of drug-likeness (QED) is 0.854. The third-order valence-electron chi connectivity index (χ3n) is 3.85. The van der Waals surface area contributed by atoms with E-state index in [1.165, 1.54) is 35.4 Å². The Morgan fingerprint density at radius 3 is 3.21 bits per heavy atom. The predicted molar refractivity (Wildman–Crippen MR) is 78.1 cm³/mol. The molecule has 2 heterocycles. The zero-order valence-electron chi connectivity index (χ0n) is 11.2. The first kappa shape index (κ1) is 12.8. The Kier molecular flexibility index (Phi) is 3.89. The maximum Gasteiger partial charge on any atom is 0.0794 e. The molecule has 0 radical (unpaired) electrons. The molecular formula is C15H19N3S. The number of aryl methyl sites for hydroxylation is 1. The second-order valence-corrected chi connectivity index (χ2v) is 5.96. The molecule has 0 unspecified atom stereocenters. The van der Waals surface area contributed by atoms with Gasteiger partial charge in [0.25, 0.3) is 0 Å². The summed E-state index contributed by atoms with van der Waals surface area (Å²) in [6.45, 7) is 4.28. The molecule has 2 aromatic rings. The molecule has 0 amide bonds. The summed E-state index contributed by atoms with van der Waals surface area (Å²) in [6.07, 6.45) is 7.57. The molecule has 100 valence electrons. The van der Waals surface area contributed by atoms with Gasteiger partial charge in [-0.3, -0.25) is 14.9 Å². The van der Waals surface area contributed by atoms with Gasteiger partial charge in [-0.1, -0.05) is 13.0 Å². The normalized spacial score (nSPS) is 18.5. The van der Waals surface area contributed by atoms with E-state index in [-0.39, 0.29) is 0 Å². The zero-order valence-corrected chi connectivity index (χ0v) is 12.1. The van der Waals surface area contributed by atoms with Crippen LogP contribution in [0.5, 0.6) is 0 Å². The minimum atomic E-state index is 0.469. The van der Waals surface area contributed by atoms with E-state index >= 15 is 0 Å². The summed E-state index contributed by atoms with van der Waals surface area (Å²) in [5.41, 5.74) is 4.64. The zero-order chi connectivity index (χ0) is 13.1. The van der Waals surface area contributed by atoms with Gasteiger partial charge in [-0.05, 0) is 37.4 Å². The van der Waals surface area contributed by atoms with E-state index in [0.717, 1.165) is 13.1 Å². The number of rotatable bonds is 4. The van der Waals surface area contributed by atoms with Gasteiger partial charge in [-0.15, -0.1) is 11.3 Å². The first-order valence-electron chi connectivity index (χ1n) is 6.93. The molecule has 3 nitrogen and oxygen atoms in total. The van der Waals surface area contributed by atoms with Crippen LogP contribution in [0.1, 0.15) is 41.9 Å². The fourth-order valence-electron chi connectivity index (χ4n) is 2.90. The largest absolute Gasteiger partial charge is 0.290 e. The van der Waals surface area contributed by atoms with Crippen molar-refractivity contribution in [3.8, 4) is 0 Å². The maximum absolute atomic E-state index is 4.64. The summed E-state index contributed by atoms with van der Waals surface area (Å²) in [4.78, 5) is 12.7. The Morgan fingerprint density at radius 2 is 2.42 bits per heavy atom. The first-order chi connectivity index (χ1) is 9.38. The fourth-order valence-corrected chi connectivity index (χ4v) is 3.52. The van der Waals surface area contributed by atoms with Crippen LogP contribution in [-0.2, 0) is 13.0 Å². The van der Waals surface area contributed by atoms with Crippen molar-refractivity contribution in [1.29, 1.82) is 0 Å². The van der Waals surface area contributed by atoms with Crippen molar-refractivity contribution in [2.45, 2.75) is 38.8 Å². The molecule has 0 bridgehead atoms. The van der Waals surface area contributed by atoms with Crippen molar-refractivity contribution in [2.24, 2.45) is 0 Å². The average molecular weight is 273 g/mol. The lowest BCUT2D eigenvalue weighted by Gasteiger charge is -2.33. The molecule has 0 fully saturated rings. The smallest absolute Gasteiger partial charge is 0.0794 e. The number of pyridine rings is 1. The Bertz CT molecular complexity index is 524. The van der Waals surface area contributed by atoms with Gasteiger partial charge in [0, 0.05) is 23.8 Å². The second kappa shape index (κ2) is 5.80. The van der Waals surface area contributed by atoms with Gasteiger partial charge in [0.1, 0.15) is 0 Å². The molecule has 4 heteroatoms. The molecule has 0 aliphatic heterocycles. The summed E-state index contributed by atoms with van der Waals surface area (Å²) >= 11 is 1.74. The molecule has 19 heavy (non-hydrogen) atoms. The lowest BCUT2D eigenvalue weighted by atomic mass is 9.91. The standard InChI is InChI=1S/C15H19N3S/c1-2-18(10-13-9-16-11-19-13)14-7-3-5-12-6-4-8-17-15(12)14/h4,6,8-9,11,14H,2-3,5,7,10H2,1H3/t14-/m1/s1. The van der Waals surface area contributed by atoms with Gasteiger partial charge in [-0.2, -0.15) is 0 Å². The Balaban J connectivity index is 1.84. The summed E-state index contributed by atoms with van der Waals surface area (Å²) in [5.74, 6) is 0. The van der Waals surface area contributed by atoms with Gasteiger partial charge in [0.05, 0.1) is 17.2 Å². The van der Waals surface area contributed by atoms with Crippen LogP contribution in [-0.4, -0.2) is 21.4 Å². The highest BCUT2D eigenvalue weighted by molar-refractivity contribution is 7.09. The van der Waals surface area contributed by atoms with E-state index in [0.29, 0.717) is 6.04 Å². The van der Waals surface area contributed by atoms with Crippen molar-refractivity contribution < 1.29 is 0 Å². The van der Waals surface area contributed by atoms with Crippen LogP contribution in [0.15, 0.2) is 30.0 Å². The lowest BCUT2D eigenvalue weighted by Crippen LogP contribution is -2.31. The monoisotopic (exact) mass is 273 g/mol. The number of aromatic nitrogens is 2. The lowest BCUT2D eigenvalue weighted by molar-refractivity contribution is 0.176. The number of nitrogens with zero attached hydrogens (tertiary/aromatic N) is 3. The Labute approximate surface area is 118 Å². The van der Waals surface area contributed by atoms with E-state index < -0.39 is 0 Å². The molecule has 2 aromatic heterocycles. The van der Waals surface area contributed by atoms with Gasteiger partial charge in [-0.25, -0.2) is 0 Å². The Morgan fingerprint density at radius 1 is 1.47 bits per heavy atom. The third kappa shape index (κ3) is 2.69. The summed E-state index contributed by atoms with van der Waals surface area (Å²) in [7, 11) is 0. The SMILES string of the molecule is CCN(Cc1cncs1)[C@@H]1CCCc2cccnc21. The van der Waals surface area contributed by atoms with Crippen molar-refractivity contribution in [3.63, 3.8) is 0 Å². The highest BCUT2D eigenvalue weighted by atomic mass is 32.1. The van der Waals surface area contributed by atoms with Crippen LogP contribution >= 0.6 is 11.3 Å². The molecular weight excluding hydrogens is 254 g/mol. The first-order valence-corrected chi connectivity index (χ1v) is 7.81. The van der Waals surface area contributed by atoms with E-state index in [1.807, 2.05) is 17.9 Å². The van der Waals surface area contributed by atoms with Gasteiger partial charge < -0.3 is 0 Å². The third-order valence-corrected chi connectivity index (χ3v) is 4.62. The molecule has 0 saturated heterocycles. The minimum absolute atomic E-state index is 0.469. The van der Waals surface area contributed by atoms with Crippen molar-refractivity contribution in [2.75, 3.05) is 6.54 Å². The van der Waals surface area contributed by atoms with Gasteiger partial charge in [0.2, 0.25) is 0 Å². The number of thiazole rings is 1. The second-order valence-electron chi connectivity index (χ2n) is 4.99. The molecule has 0 aromatic carbocycles. The highest BCUT2D eigenvalue weighted by Crippen LogP contribution is 2.33. The predicted octanol–water partition coefficient (Wildman–Crippen LogP) is 3.44. The van der Waals surface area contributed by atoms with E-state index in [2.05, 4.69) is 33.9 Å². The molecule has 1 atom stereocenters. The molecule has 1 aliphatic carbocycles. The molecule has 0 spiro atoms. The summed E-state index contributed by atoms with van der Waals surface area (Å²) < 4.78 is 0. The van der Waals surface area contributed by atoms with Gasteiger partial charge >= 0.3 is 0 Å². The number of fused-ring (bicyclic) bond motifs is 1. The van der Waals surface area contributed by atoms with Crippen LogP contribution in [0.4, 0.5) is 0 Å². The average Bonchev–Trinajstić information content (AvgIpc) is 2.97. The maximum atomic E-state index is 4.64. The van der Waals surface area contributed by atoms with E-state index in [1.54, 1.807) is 11.3 Å². The van der Waals surface area contributed by atoms with Crippen molar-refractivity contribution in [1.82, 2.24) is 14.9 Å². The molecule has 0 saturated carbocycles. The van der Waals surface area contributed by atoms with Crippen LogP contribution in [0, 0.1) is 0 Å². The van der Waals surface area contributed by atoms with Crippen LogP contribution in [0.3, 0.4) is 0 Å².